The molecule has 0 amide bonds. The molecule has 1 N–H and O–H groups in total. The van der Waals surface area contributed by atoms with Crippen molar-refractivity contribution in [3.63, 3.8) is 0 Å². The molecule has 0 spiro atoms. The van der Waals surface area contributed by atoms with Gasteiger partial charge in [-0.15, -0.1) is 0 Å². The van der Waals surface area contributed by atoms with Gasteiger partial charge in [-0.25, -0.2) is 0 Å². The number of aryl methyl sites for hydroxylation is 2. The summed E-state index contributed by atoms with van der Waals surface area (Å²) in [4.78, 5) is 12.2. The molecule has 0 aliphatic rings. The normalized spacial score (nSPS) is 11.7. The Morgan fingerprint density at radius 3 is 1.59 bits per heavy atom. The van der Waals surface area contributed by atoms with Crippen LogP contribution in [0.3, 0.4) is 0 Å². The van der Waals surface area contributed by atoms with Crippen molar-refractivity contribution >= 4 is 5.97 Å². The third-order valence-corrected chi connectivity index (χ3v) is 7.60. The number of hydrogen-bond acceptors (Lipinski definition) is 3. The average Bonchev–Trinajstić information content (AvgIpc) is 2.85. The molecule has 3 nitrogen and oxygen atoms in total. The van der Waals surface area contributed by atoms with Crippen molar-refractivity contribution in [3.8, 4) is 5.75 Å². The van der Waals surface area contributed by atoms with Gasteiger partial charge in [-0.3, -0.25) is 4.79 Å². The maximum absolute atomic E-state index is 12.2. The van der Waals surface area contributed by atoms with Crippen molar-refractivity contribution in [1.82, 2.24) is 0 Å². The molecule has 0 fully saturated rings. The van der Waals surface area contributed by atoms with Crippen LogP contribution in [0.5, 0.6) is 5.75 Å². The molecule has 0 unspecified atom stereocenters. The summed E-state index contributed by atoms with van der Waals surface area (Å²) in [6, 6.07) is 4.07. The van der Waals surface area contributed by atoms with E-state index in [9.17, 15) is 9.90 Å². The monoisotopic (exact) mass is 516 g/mol. The predicted octanol–water partition coefficient (Wildman–Crippen LogP) is 10.5. The minimum absolute atomic E-state index is 0.0143. The third-order valence-electron chi connectivity index (χ3n) is 7.60. The second-order valence-electron chi connectivity index (χ2n) is 12.3. The summed E-state index contributed by atoms with van der Waals surface area (Å²) in [5.74, 6) is 0.148. The number of rotatable bonds is 22. The zero-order valence-electron chi connectivity index (χ0n) is 25.3. The van der Waals surface area contributed by atoms with Crippen molar-refractivity contribution in [3.05, 3.63) is 28.8 Å². The first-order valence-electron chi connectivity index (χ1n) is 15.7. The van der Waals surface area contributed by atoms with Gasteiger partial charge in [-0.05, 0) is 41.9 Å². The van der Waals surface area contributed by atoms with Gasteiger partial charge in [0.15, 0.2) is 0 Å². The van der Waals surface area contributed by atoms with Crippen LogP contribution < -0.4 is 0 Å². The van der Waals surface area contributed by atoms with E-state index in [0.29, 0.717) is 25.2 Å². The van der Waals surface area contributed by atoms with Gasteiger partial charge in [0.05, 0.1) is 6.61 Å². The lowest BCUT2D eigenvalue weighted by molar-refractivity contribution is -0.143. The highest BCUT2D eigenvalue weighted by Crippen LogP contribution is 2.31. The average molecular weight is 517 g/mol. The molecule has 1 rings (SSSR count). The van der Waals surface area contributed by atoms with E-state index >= 15 is 0 Å². The number of unbranched alkanes of at least 4 members (excludes halogenated alkanes) is 17. The largest absolute Gasteiger partial charge is 0.507 e. The van der Waals surface area contributed by atoms with Crippen LogP contribution in [-0.4, -0.2) is 17.7 Å². The first-order chi connectivity index (χ1) is 17.8. The molecule has 0 saturated carbocycles. The van der Waals surface area contributed by atoms with E-state index in [1.807, 2.05) is 19.1 Å². The van der Waals surface area contributed by atoms with Gasteiger partial charge in [-0.2, -0.15) is 0 Å². The summed E-state index contributed by atoms with van der Waals surface area (Å²) >= 11 is 0. The highest BCUT2D eigenvalue weighted by molar-refractivity contribution is 5.70. The summed E-state index contributed by atoms with van der Waals surface area (Å²) in [7, 11) is 0. The Labute approximate surface area is 230 Å². The van der Waals surface area contributed by atoms with Crippen LogP contribution in [-0.2, 0) is 21.4 Å². The van der Waals surface area contributed by atoms with Crippen molar-refractivity contribution < 1.29 is 14.6 Å². The summed E-state index contributed by atoms with van der Waals surface area (Å²) in [6.45, 7) is 11.2. The fourth-order valence-electron chi connectivity index (χ4n) is 4.97. The zero-order chi connectivity index (χ0) is 27.4. The van der Waals surface area contributed by atoms with E-state index in [1.165, 1.54) is 108 Å². The van der Waals surface area contributed by atoms with E-state index in [2.05, 4.69) is 27.7 Å². The van der Waals surface area contributed by atoms with E-state index in [4.69, 9.17) is 4.74 Å². The minimum Gasteiger partial charge on any atom is -0.507 e. The van der Waals surface area contributed by atoms with Gasteiger partial charge in [0, 0.05) is 6.42 Å². The molecule has 0 aliphatic carbocycles. The molecular formula is C34H60O3. The minimum atomic E-state index is -0.162. The number of hydrogen-bond donors (Lipinski definition) is 1. The molecule has 1 aromatic rings. The van der Waals surface area contributed by atoms with E-state index in [1.54, 1.807) is 0 Å². The summed E-state index contributed by atoms with van der Waals surface area (Å²) < 4.78 is 5.44. The Morgan fingerprint density at radius 2 is 1.16 bits per heavy atom. The fourth-order valence-corrected chi connectivity index (χ4v) is 4.97. The summed E-state index contributed by atoms with van der Waals surface area (Å²) in [6.07, 6.45) is 25.2. The molecular weight excluding hydrogens is 456 g/mol. The van der Waals surface area contributed by atoms with Gasteiger partial charge in [0.25, 0.3) is 0 Å². The molecule has 0 radical (unpaired) electrons. The quantitative estimate of drug-likeness (QED) is 0.123. The highest BCUT2D eigenvalue weighted by atomic mass is 16.5. The molecule has 3 heteroatoms. The SMILES string of the molecule is CCCCCCCCCCCCCCCCCCCCOC(=O)CCc1cc(C(C)(C)C)cc(C)c1O. The van der Waals surface area contributed by atoms with Crippen LogP contribution in [0.25, 0.3) is 0 Å². The maximum Gasteiger partial charge on any atom is 0.306 e. The number of phenols is 1. The molecule has 214 valence electrons. The molecule has 0 saturated heterocycles. The number of esters is 1. The number of aromatic hydroxyl groups is 1. The lowest BCUT2D eigenvalue weighted by Crippen LogP contribution is -2.12. The Morgan fingerprint density at radius 1 is 0.730 bits per heavy atom. The van der Waals surface area contributed by atoms with Gasteiger partial charge < -0.3 is 9.84 Å². The molecule has 0 atom stereocenters. The van der Waals surface area contributed by atoms with Crippen molar-refractivity contribution in [2.24, 2.45) is 0 Å². The van der Waals surface area contributed by atoms with Crippen molar-refractivity contribution in [2.75, 3.05) is 6.61 Å². The van der Waals surface area contributed by atoms with Gasteiger partial charge in [-0.1, -0.05) is 149 Å². The molecule has 0 aromatic heterocycles. The molecule has 0 bridgehead atoms. The van der Waals surface area contributed by atoms with Crippen LogP contribution in [0.1, 0.15) is 166 Å². The van der Waals surface area contributed by atoms with Gasteiger partial charge in [0.2, 0.25) is 0 Å². The van der Waals surface area contributed by atoms with Gasteiger partial charge in [0.1, 0.15) is 5.75 Å². The lowest BCUT2D eigenvalue weighted by Gasteiger charge is -2.21. The van der Waals surface area contributed by atoms with Gasteiger partial charge >= 0.3 is 5.97 Å². The molecule has 0 aliphatic heterocycles. The van der Waals surface area contributed by atoms with E-state index < -0.39 is 0 Å². The van der Waals surface area contributed by atoms with Crippen LogP contribution >= 0.6 is 0 Å². The van der Waals surface area contributed by atoms with Crippen LogP contribution in [0.4, 0.5) is 0 Å². The fraction of sp³-hybridized carbons (Fsp3) is 0.794. The molecule has 0 heterocycles. The van der Waals surface area contributed by atoms with Crippen molar-refractivity contribution in [1.29, 1.82) is 0 Å². The first kappa shape index (κ1) is 33.5. The van der Waals surface area contributed by atoms with Crippen molar-refractivity contribution in [2.45, 2.75) is 168 Å². The summed E-state index contributed by atoms with van der Waals surface area (Å²) in [5, 5.41) is 10.4. The van der Waals surface area contributed by atoms with Crippen LogP contribution in [0.2, 0.25) is 0 Å². The molecule has 37 heavy (non-hydrogen) atoms. The third kappa shape index (κ3) is 16.8. The first-order valence-corrected chi connectivity index (χ1v) is 15.7. The Hall–Kier alpha value is -1.51. The number of carbonyl (C=O) groups is 1. The molecule has 1 aromatic carbocycles. The Balaban J connectivity index is 1.94. The standard InChI is InChI=1S/C34H60O3/c1-6-7-8-9-10-11-12-13-14-15-16-17-18-19-20-21-22-23-26-37-32(35)25-24-30-28-31(34(3,4)5)27-29(2)33(30)36/h27-28,36H,6-26H2,1-5H3. The highest BCUT2D eigenvalue weighted by Gasteiger charge is 2.18. The Kier molecular flexibility index (Phi) is 18.5. The lowest BCUT2D eigenvalue weighted by atomic mass is 9.84. The smallest absolute Gasteiger partial charge is 0.306 e. The number of carbonyl (C=O) groups excluding carboxylic acids is 1. The Bertz CT molecular complexity index is 717. The predicted molar refractivity (Wildman–Crippen MR) is 160 cm³/mol. The zero-order valence-corrected chi connectivity index (χ0v) is 25.3. The van der Waals surface area contributed by atoms with Crippen LogP contribution in [0.15, 0.2) is 12.1 Å². The number of benzene rings is 1. The van der Waals surface area contributed by atoms with E-state index in [-0.39, 0.29) is 11.4 Å². The van der Waals surface area contributed by atoms with E-state index in [0.717, 1.165) is 24.0 Å². The number of phenolic OH excluding ortho intramolecular Hbond substituents is 1. The second kappa shape index (κ2) is 20.5. The maximum atomic E-state index is 12.2. The number of ether oxygens (including phenoxy) is 1. The topological polar surface area (TPSA) is 46.5 Å². The second-order valence-corrected chi connectivity index (χ2v) is 12.3. The summed E-state index contributed by atoms with van der Waals surface area (Å²) in [5.41, 5.74) is 2.91. The van der Waals surface area contributed by atoms with Crippen LogP contribution in [0, 0.1) is 6.92 Å².